The number of hydrogen-bond acceptors (Lipinski definition) is 3. The molecule has 0 heterocycles. The molecule has 0 atom stereocenters. The quantitative estimate of drug-likeness (QED) is 0.468. The number of ether oxygens (including phenoxy) is 1. The van der Waals surface area contributed by atoms with Crippen LogP contribution in [0.4, 0.5) is 0 Å². The molecule has 0 fully saturated rings. The third-order valence-corrected chi connectivity index (χ3v) is 4.38. The number of carbonyl (C=O) groups excluding carboxylic acids is 1. The third-order valence-electron chi connectivity index (χ3n) is 4.38. The Balaban J connectivity index is 1.55. The lowest BCUT2D eigenvalue weighted by Crippen LogP contribution is -2.10. The van der Waals surface area contributed by atoms with E-state index in [1.54, 1.807) is 18.2 Å². The molecule has 3 heteroatoms. The van der Waals surface area contributed by atoms with Gasteiger partial charge in [0.2, 0.25) is 0 Å². The Kier molecular flexibility index (Phi) is 6.64. The number of benzene rings is 2. The average Bonchev–Trinajstić information content (AvgIpc) is 2.97. The van der Waals surface area contributed by atoms with Crippen LogP contribution >= 0.6 is 0 Å². The monoisotopic (exact) mass is 371 g/mol. The lowest BCUT2D eigenvalue weighted by atomic mass is 10.1. The first-order valence-corrected chi connectivity index (χ1v) is 9.39. The topological polar surface area (TPSA) is 29.5 Å². The highest BCUT2D eigenvalue weighted by Gasteiger charge is 2.05. The van der Waals surface area contributed by atoms with Gasteiger partial charge in [-0.05, 0) is 42.8 Å². The Morgan fingerprint density at radius 1 is 1.04 bits per heavy atom. The fourth-order valence-corrected chi connectivity index (χ4v) is 2.80. The molecule has 0 aromatic heterocycles. The van der Waals surface area contributed by atoms with E-state index in [4.69, 9.17) is 4.74 Å². The van der Waals surface area contributed by atoms with Crippen LogP contribution in [0.15, 0.2) is 96.9 Å². The van der Waals surface area contributed by atoms with Crippen LogP contribution in [0.2, 0.25) is 0 Å². The number of hydrogen-bond donors (Lipinski definition) is 0. The van der Waals surface area contributed by atoms with Gasteiger partial charge in [-0.25, -0.2) is 0 Å². The highest BCUT2D eigenvalue weighted by Crippen LogP contribution is 2.18. The van der Waals surface area contributed by atoms with Crippen molar-refractivity contribution in [2.45, 2.75) is 19.9 Å². The molecule has 2 aromatic carbocycles. The molecule has 0 N–H and O–H groups in total. The molecule has 142 valence electrons. The van der Waals surface area contributed by atoms with Crippen molar-refractivity contribution in [2.75, 3.05) is 7.05 Å². The second kappa shape index (κ2) is 9.56. The predicted octanol–water partition coefficient (Wildman–Crippen LogP) is 5.60. The molecule has 3 rings (SSSR count). The molecule has 0 saturated carbocycles. The van der Waals surface area contributed by atoms with Gasteiger partial charge in [0.1, 0.15) is 11.5 Å². The number of carbonyl (C=O) groups is 1. The molecule has 0 amide bonds. The van der Waals surface area contributed by atoms with E-state index < -0.39 is 0 Å². The SMILES string of the molecule is Cc1ccc(CN(C)/C=C/C(=O)c2ccc(OC3=CC=CC=CC3)cc2)cc1. The van der Waals surface area contributed by atoms with Crippen molar-refractivity contribution in [3.63, 3.8) is 0 Å². The van der Waals surface area contributed by atoms with Crippen LogP contribution in [0.25, 0.3) is 0 Å². The Morgan fingerprint density at radius 2 is 1.79 bits per heavy atom. The molecule has 1 aliphatic rings. The molecule has 2 aromatic rings. The van der Waals surface area contributed by atoms with Crippen molar-refractivity contribution < 1.29 is 9.53 Å². The summed E-state index contributed by atoms with van der Waals surface area (Å²) < 4.78 is 5.86. The summed E-state index contributed by atoms with van der Waals surface area (Å²) in [4.78, 5) is 14.4. The highest BCUT2D eigenvalue weighted by atomic mass is 16.5. The number of nitrogens with zero attached hydrogens (tertiary/aromatic N) is 1. The van der Waals surface area contributed by atoms with Crippen LogP contribution in [-0.4, -0.2) is 17.7 Å². The summed E-state index contributed by atoms with van der Waals surface area (Å²) in [6, 6.07) is 15.7. The van der Waals surface area contributed by atoms with Crippen LogP contribution < -0.4 is 4.74 Å². The molecule has 1 aliphatic carbocycles. The van der Waals surface area contributed by atoms with Gasteiger partial charge >= 0.3 is 0 Å². The minimum Gasteiger partial charge on any atom is -0.461 e. The van der Waals surface area contributed by atoms with Crippen molar-refractivity contribution in [1.29, 1.82) is 0 Å². The molecule has 0 aliphatic heterocycles. The van der Waals surface area contributed by atoms with Crippen LogP contribution in [0.3, 0.4) is 0 Å². The summed E-state index contributed by atoms with van der Waals surface area (Å²) in [5.41, 5.74) is 3.10. The van der Waals surface area contributed by atoms with E-state index >= 15 is 0 Å². The minimum absolute atomic E-state index is 0.0261. The molecular formula is C25H25NO2. The van der Waals surface area contributed by atoms with Gasteiger partial charge in [0.15, 0.2) is 5.78 Å². The van der Waals surface area contributed by atoms with E-state index in [-0.39, 0.29) is 5.78 Å². The molecule has 0 unspecified atom stereocenters. The smallest absolute Gasteiger partial charge is 0.187 e. The van der Waals surface area contributed by atoms with Crippen LogP contribution in [0.1, 0.15) is 27.9 Å². The van der Waals surface area contributed by atoms with Crippen molar-refractivity contribution in [3.8, 4) is 5.75 Å². The van der Waals surface area contributed by atoms with Crippen molar-refractivity contribution in [2.24, 2.45) is 0 Å². The lowest BCUT2D eigenvalue weighted by Gasteiger charge is -2.14. The number of aryl methyl sites for hydroxylation is 1. The predicted molar refractivity (Wildman–Crippen MR) is 114 cm³/mol. The maximum Gasteiger partial charge on any atom is 0.187 e. The number of ketones is 1. The number of allylic oxidation sites excluding steroid dienone is 6. The van der Waals surface area contributed by atoms with Gasteiger partial charge in [0.25, 0.3) is 0 Å². The van der Waals surface area contributed by atoms with Gasteiger partial charge in [-0.2, -0.15) is 0 Å². The molecular weight excluding hydrogens is 346 g/mol. The van der Waals surface area contributed by atoms with Crippen LogP contribution in [0, 0.1) is 6.92 Å². The largest absolute Gasteiger partial charge is 0.461 e. The van der Waals surface area contributed by atoms with Gasteiger partial charge in [-0.15, -0.1) is 0 Å². The van der Waals surface area contributed by atoms with E-state index in [0.717, 1.165) is 24.5 Å². The summed E-state index contributed by atoms with van der Waals surface area (Å²) in [5.74, 6) is 1.58. The third kappa shape index (κ3) is 5.85. The van der Waals surface area contributed by atoms with E-state index in [2.05, 4.69) is 31.2 Å². The van der Waals surface area contributed by atoms with Gasteiger partial charge in [0.05, 0.1) is 0 Å². The summed E-state index contributed by atoms with van der Waals surface area (Å²) in [6.45, 7) is 2.83. The fourth-order valence-electron chi connectivity index (χ4n) is 2.80. The van der Waals surface area contributed by atoms with E-state index in [0.29, 0.717) is 5.56 Å². The van der Waals surface area contributed by atoms with Crippen molar-refractivity contribution >= 4 is 5.78 Å². The van der Waals surface area contributed by atoms with E-state index in [1.807, 2.05) is 60.7 Å². The zero-order valence-electron chi connectivity index (χ0n) is 16.3. The second-order valence-corrected chi connectivity index (χ2v) is 6.86. The van der Waals surface area contributed by atoms with Crippen molar-refractivity contribution in [1.82, 2.24) is 4.90 Å². The van der Waals surface area contributed by atoms with Crippen LogP contribution in [0.5, 0.6) is 5.75 Å². The minimum atomic E-state index is -0.0261. The molecule has 0 spiro atoms. The Morgan fingerprint density at radius 3 is 2.54 bits per heavy atom. The van der Waals surface area contributed by atoms with Crippen molar-refractivity contribution in [3.05, 3.63) is 114 Å². The van der Waals surface area contributed by atoms with Gasteiger partial charge in [0, 0.05) is 37.9 Å². The Bertz CT molecular complexity index is 916. The van der Waals surface area contributed by atoms with Gasteiger partial charge in [-0.1, -0.05) is 54.1 Å². The van der Waals surface area contributed by atoms with Gasteiger partial charge in [-0.3, -0.25) is 4.79 Å². The Labute approximate surface area is 167 Å². The first-order chi connectivity index (χ1) is 13.6. The molecule has 0 bridgehead atoms. The molecule has 28 heavy (non-hydrogen) atoms. The van der Waals surface area contributed by atoms with Crippen LogP contribution in [-0.2, 0) is 6.54 Å². The second-order valence-electron chi connectivity index (χ2n) is 6.86. The average molecular weight is 371 g/mol. The van der Waals surface area contributed by atoms with E-state index in [9.17, 15) is 4.79 Å². The summed E-state index contributed by atoms with van der Waals surface area (Å²) in [5, 5.41) is 0. The molecule has 3 nitrogen and oxygen atoms in total. The summed E-state index contributed by atoms with van der Waals surface area (Å²) in [6.07, 6.45) is 14.1. The molecule has 0 radical (unpaired) electrons. The molecule has 0 saturated heterocycles. The number of rotatable bonds is 7. The lowest BCUT2D eigenvalue weighted by molar-refractivity contribution is 0.104. The zero-order chi connectivity index (χ0) is 19.8. The Hall–Kier alpha value is -3.33. The zero-order valence-corrected chi connectivity index (χ0v) is 16.3. The maximum absolute atomic E-state index is 12.4. The normalized spacial score (nSPS) is 13.3. The maximum atomic E-state index is 12.4. The summed E-state index contributed by atoms with van der Waals surface area (Å²) in [7, 11) is 1.96. The first kappa shape index (κ1) is 19.4. The highest BCUT2D eigenvalue weighted by molar-refractivity contribution is 6.04. The summed E-state index contributed by atoms with van der Waals surface area (Å²) >= 11 is 0. The standard InChI is InChI=1S/C25H25NO2/c1-20-9-11-21(12-10-20)19-26(2)18-17-25(27)22-13-15-24(16-14-22)28-23-7-5-3-4-6-8-23/h3-7,9-18H,8,19H2,1-2H3/b18-17+. The van der Waals surface area contributed by atoms with E-state index in [1.165, 1.54) is 11.1 Å². The first-order valence-electron chi connectivity index (χ1n) is 9.39. The fraction of sp³-hybridized carbons (Fsp3) is 0.160. The van der Waals surface area contributed by atoms with Gasteiger partial charge < -0.3 is 9.64 Å².